The van der Waals surface area contributed by atoms with Crippen molar-refractivity contribution in [1.29, 1.82) is 0 Å². The molecule has 0 unspecified atom stereocenters. The van der Waals surface area contributed by atoms with Gasteiger partial charge >= 0.3 is 5.97 Å². The first-order valence-corrected chi connectivity index (χ1v) is 17.2. The first kappa shape index (κ1) is 34.6. The number of carboxylic acid groups (broad SMARTS) is 1. The molecule has 2 aromatic carbocycles. The van der Waals surface area contributed by atoms with Gasteiger partial charge in [-0.2, -0.15) is 5.10 Å². The predicted octanol–water partition coefficient (Wildman–Crippen LogP) is 6.16. The number of aliphatic hydroxyl groups is 1. The van der Waals surface area contributed by atoms with Crippen LogP contribution in [0, 0.1) is 24.6 Å². The van der Waals surface area contributed by atoms with E-state index in [1.54, 1.807) is 12.1 Å². The van der Waals surface area contributed by atoms with Gasteiger partial charge in [0.15, 0.2) is 33.3 Å². The molecule has 0 amide bonds. The molecule has 3 heterocycles. The van der Waals surface area contributed by atoms with Gasteiger partial charge in [0.05, 0.1) is 35.6 Å². The van der Waals surface area contributed by atoms with Crippen molar-refractivity contribution in [3.05, 3.63) is 81.7 Å². The van der Waals surface area contributed by atoms with E-state index in [4.69, 9.17) is 9.84 Å². The molecule has 14 heteroatoms. The van der Waals surface area contributed by atoms with E-state index >= 15 is 0 Å². The molecule has 250 valence electrons. The minimum Gasteiger partial charge on any atom is -0.491 e. The molecule has 0 saturated heterocycles. The summed E-state index contributed by atoms with van der Waals surface area (Å²) in [5.74, 6) is 5.01. The van der Waals surface area contributed by atoms with Crippen molar-refractivity contribution in [2.24, 2.45) is 0 Å². The second-order valence-electron chi connectivity index (χ2n) is 10.8. The summed E-state index contributed by atoms with van der Waals surface area (Å²) in [6.07, 6.45) is 3.61. The lowest BCUT2D eigenvalue weighted by Gasteiger charge is -2.07. The molecule has 0 atom stereocenters. The van der Waals surface area contributed by atoms with Gasteiger partial charge in [0.1, 0.15) is 0 Å². The van der Waals surface area contributed by atoms with E-state index in [0.29, 0.717) is 53.0 Å². The highest BCUT2D eigenvalue weighted by molar-refractivity contribution is 7.22. The first-order valence-electron chi connectivity index (χ1n) is 15.5. The van der Waals surface area contributed by atoms with Crippen molar-refractivity contribution in [2.45, 2.75) is 45.6 Å². The molecule has 5 N–H and O–H groups in total. The number of aryl methyl sites for hydroxylation is 2. The summed E-state index contributed by atoms with van der Waals surface area (Å²) in [4.78, 5) is 21.3. The standard InChI is InChI=1S/C34H36FN7O4S2/c1-22-19-24(41-42-31(22)40-34-38-26-10-3-4-11-28(26)47-34)21-37-33-39-30(32(44)45)29(48-33)12-8-18-46-27-14-13-23(20-25(27)35)9-7-16-36-15-5-2-6-17-43/h3-4,10-11,13-14,19-20,36,43H,2,5-6,8,12,15-18,21H2,1H3,(H,37,39)(H,44,45)(H,38,40,42). The molecule has 48 heavy (non-hydrogen) atoms. The second-order valence-corrected chi connectivity index (χ2v) is 12.9. The largest absolute Gasteiger partial charge is 0.491 e. The van der Waals surface area contributed by atoms with E-state index in [1.165, 1.54) is 28.7 Å². The molecule has 5 rings (SSSR count). The zero-order valence-electron chi connectivity index (χ0n) is 26.4. The van der Waals surface area contributed by atoms with Gasteiger partial charge in [-0.3, -0.25) is 0 Å². The molecule has 0 spiro atoms. The van der Waals surface area contributed by atoms with Crippen LogP contribution in [-0.2, 0) is 13.0 Å². The van der Waals surface area contributed by atoms with Crippen LogP contribution in [-0.4, -0.2) is 62.7 Å². The third kappa shape index (κ3) is 9.91. The third-order valence-corrected chi connectivity index (χ3v) is 9.10. The van der Waals surface area contributed by atoms with E-state index in [9.17, 15) is 14.3 Å². The number of unbranched alkanes of at least 4 members (excludes halogenated alkanes) is 2. The van der Waals surface area contributed by atoms with Gasteiger partial charge in [-0.1, -0.05) is 35.3 Å². The number of carboxylic acids is 1. The molecule has 0 bridgehead atoms. The van der Waals surface area contributed by atoms with E-state index in [1.807, 2.05) is 37.3 Å². The number of ether oxygens (including phenoxy) is 1. The number of para-hydroxylation sites is 1. The van der Waals surface area contributed by atoms with E-state index in [0.717, 1.165) is 46.7 Å². The number of aromatic nitrogens is 4. The summed E-state index contributed by atoms with van der Waals surface area (Å²) in [5.41, 5.74) is 3.01. The summed E-state index contributed by atoms with van der Waals surface area (Å²) in [5, 5.41) is 37.9. The minimum atomic E-state index is -1.12. The Balaban J connectivity index is 1.08. The number of nitrogens with one attached hydrogen (secondary N) is 3. The van der Waals surface area contributed by atoms with Crippen LogP contribution in [0.1, 0.15) is 57.9 Å². The zero-order valence-corrected chi connectivity index (χ0v) is 28.0. The smallest absolute Gasteiger partial charge is 0.355 e. The highest BCUT2D eigenvalue weighted by Gasteiger charge is 2.18. The molecule has 0 aliphatic rings. The molecular formula is C34H36FN7O4S2. The number of hydrogen-bond acceptors (Lipinski definition) is 12. The number of halogens is 1. The average molecular weight is 690 g/mol. The van der Waals surface area contributed by atoms with Crippen LogP contribution in [0.5, 0.6) is 5.75 Å². The molecule has 0 fully saturated rings. The lowest BCUT2D eigenvalue weighted by Crippen LogP contribution is -2.15. The van der Waals surface area contributed by atoms with Crippen LogP contribution < -0.4 is 20.7 Å². The number of anilines is 3. The average Bonchev–Trinajstić information content (AvgIpc) is 3.69. The van der Waals surface area contributed by atoms with Crippen molar-refractivity contribution in [3.8, 4) is 17.6 Å². The van der Waals surface area contributed by atoms with Crippen molar-refractivity contribution < 1.29 is 24.1 Å². The van der Waals surface area contributed by atoms with Crippen LogP contribution in [0.3, 0.4) is 0 Å². The second kappa shape index (κ2) is 17.5. The fraction of sp³-hybridized carbons (Fsp3) is 0.324. The summed E-state index contributed by atoms with van der Waals surface area (Å²) in [6, 6.07) is 14.4. The minimum absolute atomic E-state index is 0.0195. The van der Waals surface area contributed by atoms with Crippen molar-refractivity contribution in [2.75, 3.05) is 36.9 Å². The fourth-order valence-electron chi connectivity index (χ4n) is 4.65. The van der Waals surface area contributed by atoms with Crippen molar-refractivity contribution >= 4 is 54.9 Å². The van der Waals surface area contributed by atoms with Crippen molar-refractivity contribution in [3.63, 3.8) is 0 Å². The number of hydrogen-bond donors (Lipinski definition) is 5. The van der Waals surface area contributed by atoms with E-state index in [2.05, 4.69) is 48.0 Å². The number of fused-ring (bicyclic) bond motifs is 1. The molecule has 0 aliphatic carbocycles. The van der Waals surface area contributed by atoms with Gasteiger partial charge in [0.2, 0.25) is 0 Å². The Hall–Kier alpha value is -4.68. The van der Waals surface area contributed by atoms with Crippen LogP contribution in [0.15, 0.2) is 48.5 Å². The lowest BCUT2D eigenvalue weighted by molar-refractivity contribution is 0.0690. The summed E-state index contributed by atoms with van der Waals surface area (Å²) < 4.78 is 21.3. The van der Waals surface area contributed by atoms with Crippen LogP contribution in [0.4, 0.5) is 20.5 Å². The Bertz CT molecular complexity index is 1870. The molecule has 0 saturated carbocycles. The monoisotopic (exact) mass is 689 g/mol. The van der Waals surface area contributed by atoms with Crippen molar-refractivity contribution in [1.82, 2.24) is 25.5 Å². The van der Waals surface area contributed by atoms with Gasteiger partial charge in [-0.25, -0.2) is 19.2 Å². The Kier molecular flexibility index (Phi) is 12.6. The number of thiazole rings is 2. The number of benzene rings is 2. The number of carbonyl (C=O) groups is 1. The van der Waals surface area contributed by atoms with E-state index in [-0.39, 0.29) is 24.7 Å². The first-order chi connectivity index (χ1) is 23.4. The molecular weight excluding hydrogens is 654 g/mol. The zero-order chi connectivity index (χ0) is 33.7. The molecule has 3 aromatic heterocycles. The number of nitrogens with zero attached hydrogens (tertiary/aromatic N) is 4. The summed E-state index contributed by atoms with van der Waals surface area (Å²) in [6.45, 7) is 3.97. The van der Waals surface area contributed by atoms with Crippen LogP contribution in [0.25, 0.3) is 10.2 Å². The normalized spacial score (nSPS) is 10.9. The third-order valence-electron chi connectivity index (χ3n) is 7.07. The Labute approximate surface area is 285 Å². The molecule has 11 nitrogen and oxygen atoms in total. The topological polar surface area (TPSA) is 154 Å². The molecule has 0 aliphatic heterocycles. The van der Waals surface area contributed by atoms with Gasteiger partial charge in [0, 0.05) is 17.0 Å². The maximum Gasteiger partial charge on any atom is 0.355 e. The summed E-state index contributed by atoms with van der Waals surface area (Å²) >= 11 is 2.79. The number of aromatic carboxylic acids is 1. The maximum atomic E-state index is 14.6. The Morgan fingerprint density at radius 3 is 2.69 bits per heavy atom. The van der Waals surface area contributed by atoms with Crippen LogP contribution in [0.2, 0.25) is 0 Å². The number of aliphatic hydroxyl groups excluding tert-OH is 1. The highest BCUT2D eigenvalue weighted by Crippen LogP contribution is 2.29. The predicted molar refractivity (Wildman–Crippen MR) is 187 cm³/mol. The van der Waals surface area contributed by atoms with Gasteiger partial charge in [-0.05, 0) is 87.5 Å². The maximum absolute atomic E-state index is 14.6. The van der Waals surface area contributed by atoms with Gasteiger partial charge in [0.25, 0.3) is 0 Å². The Morgan fingerprint density at radius 1 is 1.02 bits per heavy atom. The summed E-state index contributed by atoms with van der Waals surface area (Å²) in [7, 11) is 0. The SMILES string of the molecule is Cc1cc(CNc2nc(C(=O)O)c(CCCOc3ccc(C#CCNCCCCCO)cc3F)s2)nnc1Nc1nc2ccccc2s1. The lowest BCUT2D eigenvalue weighted by atomic mass is 10.2. The van der Waals surface area contributed by atoms with Crippen LogP contribution >= 0.6 is 22.7 Å². The van der Waals surface area contributed by atoms with E-state index < -0.39 is 11.8 Å². The molecule has 5 aromatic rings. The fourth-order valence-corrected chi connectivity index (χ4v) is 6.51. The molecule has 0 radical (unpaired) electrons. The van der Waals surface area contributed by atoms with Gasteiger partial charge < -0.3 is 30.9 Å². The highest BCUT2D eigenvalue weighted by atomic mass is 32.1. The quantitative estimate of drug-likeness (QED) is 0.0563. The Morgan fingerprint density at radius 2 is 1.90 bits per heavy atom. The van der Waals surface area contributed by atoms with Gasteiger partial charge in [-0.15, -0.1) is 16.4 Å². The number of rotatable bonds is 17.